The quantitative estimate of drug-likeness (QED) is 0.578. The molecular weight excluding hydrogens is 212 g/mol. The molecule has 0 heterocycles. The Morgan fingerprint density at radius 2 is 1.88 bits per heavy atom. The van der Waals surface area contributed by atoms with Crippen LogP contribution in [-0.2, 0) is 4.79 Å². The normalized spacial score (nSPS) is 11.9. The fourth-order valence-electron chi connectivity index (χ4n) is 1.82. The molecule has 3 nitrogen and oxygen atoms in total. The number of nitriles is 1. The van der Waals surface area contributed by atoms with Gasteiger partial charge in [-0.25, -0.2) is 0 Å². The minimum atomic E-state index is -0.0704. The van der Waals surface area contributed by atoms with Crippen molar-refractivity contribution in [2.75, 3.05) is 13.1 Å². The lowest BCUT2D eigenvalue weighted by Crippen LogP contribution is -2.34. The molecule has 0 saturated carbocycles. The number of carbonyl (C=O) groups excluding carboxylic acids is 1. The van der Waals surface area contributed by atoms with Crippen LogP contribution in [0.15, 0.2) is 0 Å². The van der Waals surface area contributed by atoms with Crippen LogP contribution in [0.5, 0.6) is 0 Å². The van der Waals surface area contributed by atoms with Crippen molar-refractivity contribution in [1.29, 1.82) is 5.26 Å². The zero-order valence-electron chi connectivity index (χ0n) is 11.5. The first-order chi connectivity index (χ1) is 8.15. The maximum atomic E-state index is 11.9. The predicted octanol–water partition coefficient (Wildman–Crippen LogP) is 3.36. The summed E-state index contributed by atoms with van der Waals surface area (Å²) in [4.78, 5) is 13.7. The van der Waals surface area contributed by atoms with Crippen molar-refractivity contribution in [3.8, 4) is 6.07 Å². The monoisotopic (exact) mass is 238 g/mol. The molecule has 0 radical (unpaired) electrons. The largest absolute Gasteiger partial charge is 0.342 e. The topological polar surface area (TPSA) is 44.1 Å². The van der Waals surface area contributed by atoms with E-state index in [2.05, 4.69) is 13.0 Å². The molecule has 0 spiro atoms. The molecule has 98 valence electrons. The van der Waals surface area contributed by atoms with E-state index in [4.69, 9.17) is 5.26 Å². The van der Waals surface area contributed by atoms with Gasteiger partial charge in [-0.2, -0.15) is 5.26 Å². The van der Waals surface area contributed by atoms with Gasteiger partial charge in [0.15, 0.2) is 0 Å². The summed E-state index contributed by atoms with van der Waals surface area (Å²) < 4.78 is 0. The Morgan fingerprint density at radius 1 is 1.24 bits per heavy atom. The van der Waals surface area contributed by atoms with Crippen LogP contribution in [0.25, 0.3) is 0 Å². The molecule has 0 aromatic rings. The van der Waals surface area contributed by atoms with Crippen LogP contribution in [0.4, 0.5) is 0 Å². The molecule has 1 atom stereocenters. The smallest absolute Gasteiger partial charge is 0.222 e. The van der Waals surface area contributed by atoms with E-state index in [9.17, 15) is 4.79 Å². The summed E-state index contributed by atoms with van der Waals surface area (Å²) in [7, 11) is 0. The van der Waals surface area contributed by atoms with Crippen molar-refractivity contribution in [3.63, 3.8) is 0 Å². The number of amides is 1. The maximum Gasteiger partial charge on any atom is 0.222 e. The minimum absolute atomic E-state index is 0.0704. The lowest BCUT2D eigenvalue weighted by molar-refractivity contribution is -0.131. The van der Waals surface area contributed by atoms with Gasteiger partial charge in [0.25, 0.3) is 0 Å². The van der Waals surface area contributed by atoms with E-state index in [0.29, 0.717) is 19.5 Å². The fourth-order valence-corrected chi connectivity index (χ4v) is 1.82. The van der Waals surface area contributed by atoms with E-state index in [1.165, 1.54) is 19.3 Å². The van der Waals surface area contributed by atoms with E-state index in [1.54, 1.807) is 4.90 Å². The molecule has 0 rings (SSSR count). The number of unbranched alkanes of at least 4 members (excludes halogenated alkanes) is 4. The predicted molar refractivity (Wildman–Crippen MR) is 70.4 cm³/mol. The molecule has 0 aromatic heterocycles. The Bertz CT molecular complexity index is 245. The zero-order chi connectivity index (χ0) is 13.1. The number of carbonyl (C=O) groups is 1. The van der Waals surface area contributed by atoms with Crippen LogP contribution >= 0.6 is 0 Å². The van der Waals surface area contributed by atoms with Gasteiger partial charge in [-0.1, -0.05) is 32.6 Å². The van der Waals surface area contributed by atoms with Gasteiger partial charge in [-0.05, 0) is 20.3 Å². The molecule has 0 aliphatic heterocycles. The van der Waals surface area contributed by atoms with Crippen molar-refractivity contribution in [2.24, 2.45) is 5.92 Å². The molecule has 0 fully saturated rings. The first-order valence-corrected chi connectivity index (χ1v) is 6.83. The van der Waals surface area contributed by atoms with Gasteiger partial charge in [0.1, 0.15) is 0 Å². The number of hydrogen-bond acceptors (Lipinski definition) is 2. The van der Waals surface area contributed by atoms with Crippen molar-refractivity contribution in [2.45, 2.75) is 59.3 Å². The third kappa shape index (κ3) is 7.79. The lowest BCUT2D eigenvalue weighted by atomic mass is 10.1. The summed E-state index contributed by atoms with van der Waals surface area (Å²) in [5.74, 6) is 0.130. The van der Waals surface area contributed by atoms with E-state index in [1.807, 2.05) is 13.8 Å². The number of nitrogens with zero attached hydrogens (tertiary/aromatic N) is 2. The van der Waals surface area contributed by atoms with E-state index in [0.717, 1.165) is 12.8 Å². The lowest BCUT2D eigenvalue weighted by Gasteiger charge is -2.21. The van der Waals surface area contributed by atoms with Crippen LogP contribution in [0.3, 0.4) is 0 Å². The van der Waals surface area contributed by atoms with E-state index < -0.39 is 0 Å². The molecule has 0 N–H and O–H groups in total. The Morgan fingerprint density at radius 3 is 2.41 bits per heavy atom. The van der Waals surface area contributed by atoms with Crippen molar-refractivity contribution >= 4 is 5.91 Å². The molecule has 3 heteroatoms. The molecule has 0 aromatic carbocycles. The Labute approximate surface area is 106 Å². The molecule has 1 unspecified atom stereocenters. The Balaban J connectivity index is 3.81. The molecular formula is C14H26N2O. The van der Waals surface area contributed by atoms with E-state index >= 15 is 0 Å². The van der Waals surface area contributed by atoms with Crippen molar-refractivity contribution < 1.29 is 4.79 Å². The average Bonchev–Trinajstić information content (AvgIpc) is 2.34. The summed E-state index contributed by atoms with van der Waals surface area (Å²) in [6.07, 6.45) is 6.48. The highest BCUT2D eigenvalue weighted by atomic mass is 16.2. The van der Waals surface area contributed by atoms with Gasteiger partial charge >= 0.3 is 0 Å². The Hall–Kier alpha value is -1.04. The molecule has 0 saturated heterocycles. The summed E-state index contributed by atoms with van der Waals surface area (Å²) in [5, 5.41) is 8.75. The Kier molecular flexibility index (Phi) is 9.52. The van der Waals surface area contributed by atoms with Gasteiger partial charge in [0.2, 0.25) is 5.91 Å². The third-order valence-corrected chi connectivity index (χ3v) is 2.94. The first-order valence-electron chi connectivity index (χ1n) is 6.83. The standard InChI is InChI=1S/C14H26N2O/c1-4-6-7-8-9-10-14(17)16(5-2)12-13(3)11-15/h13H,4-10,12H2,1-3H3. The molecule has 0 aliphatic carbocycles. The molecule has 0 aliphatic rings. The highest BCUT2D eigenvalue weighted by Crippen LogP contribution is 2.08. The van der Waals surface area contributed by atoms with Crippen molar-refractivity contribution in [3.05, 3.63) is 0 Å². The number of hydrogen-bond donors (Lipinski definition) is 0. The van der Waals surface area contributed by atoms with Crippen LogP contribution < -0.4 is 0 Å². The highest BCUT2D eigenvalue weighted by molar-refractivity contribution is 5.76. The van der Waals surface area contributed by atoms with Crippen LogP contribution in [0, 0.1) is 17.2 Å². The zero-order valence-corrected chi connectivity index (χ0v) is 11.5. The van der Waals surface area contributed by atoms with Gasteiger partial charge in [-0.3, -0.25) is 4.79 Å². The summed E-state index contributed by atoms with van der Waals surface area (Å²) in [5.41, 5.74) is 0. The highest BCUT2D eigenvalue weighted by Gasteiger charge is 2.13. The fraction of sp³-hybridized carbons (Fsp3) is 0.857. The van der Waals surface area contributed by atoms with Crippen LogP contribution in [0.2, 0.25) is 0 Å². The maximum absolute atomic E-state index is 11.9. The summed E-state index contributed by atoms with van der Waals surface area (Å²) in [6.45, 7) is 7.30. The second-order valence-electron chi connectivity index (χ2n) is 4.63. The SMILES string of the molecule is CCCCCCCC(=O)N(CC)CC(C)C#N. The molecule has 17 heavy (non-hydrogen) atoms. The van der Waals surface area contributed by atoms with Crippen molar-refractivity contribution in [1.82, 2.24) is 4.90 Å². The van der Waals surface area contributed by atoms with E-state index in [-0.39, 0.29) is 11.8 Å². The van der Waals surface area contributed by atoms with Crippen LogP contribution in [-0.4, -0.2) is 23.9 Å². The molecule has 1 amide bonds. The molecule has 0 bridgehead atoms. The van der Waals surface area contributed by atoms with Gasteiger partial charge in [-0.15, -0.1) is 0 Å². The second-order valence-corrected chi connectivity index (χ2v) is 4.63. The summed E-state index contributed by atoms with van der Waals surface area (Å²) >= 11 is 0. The van der Waals surface area contributed by atoms with Gasteiger partial charge < -0.3 is 4.90 Å². The number of rotatable bonds is 9. The van der Waals surface area contributed by atoms with Gasteiger partial charge in [0, 0.05) is 19.5 Å². The van der Waals surface area contributed by atoms with Gasteiger partial charge in [0.05, 0.1) is 12.0 Å². The van der Waals surface area contributed by atoms with Crippen LogP contribution in [0.1, 0.15) is 59.3 Å². The third-order valence-electron chi connectivity index (χ3n) is 2.94. The summed E-state index contributed by atoms with van der Waals surface area (Å²) in [6, 6.07) is 2.17. The minimum Gasteiger partial charge on any atom is -0.342 e. The second kappa shape index (κ2) is 10.1. The first kappa shape index (κ1) is 16.0. The average molecular weight is 238 g/mol.